The Hall–Kier alpha value is -1.47. The second-order valence-corrected chi connectivity index (χ2v) is 6.62. The molecule has 2 N–H and O–H groups in total. The van der Waals surface area contributed by atoms with Crippen molar-refractivity contribution in [2.75, 3.05) is 6.54 Å². The lowest BCUT2D eigenvalue weighted by molar-refractivity contribution is -0.274. The van der Waals surface area contributed by atoms with Crippen molar-refractivity contribution < 1.29 is 22.7 Å². The Morgan fingerprint density at radius 1 is 1.28 bits per heavy atom. The number of ether oxygens (including phenoxy) is 1. The van der Waals surface area contributed by atoms with Crippen molar-refractivity contribution in [1.29, 1.82) is 0 Å². The first-order valence-corrected chi connectivity index (χ1v) is 8.22. The van der Waals surface area contributed by atoms with Gasteiger partial charge in [0.25, 0.3) is 0 Å². The molecule has 0 spiro atoms. The SMILES string of the molecule is CC1CC(NC(=O)C2CC2c2ccccc2OC(F)(F)F)CCN1.Cl. The van der Waals surface area contributed by atoms with Crippen molar-refractivity contribution in [2.24, 2.45) is 5.92 Å². The molecule has 1 aliphatic heterocycles. The highest BCUT2D eigenvalue weighted by Gasteiger charge is 2.46. The molecule has 0 bridgehead atoms. The van der Waals surface area contributed by atoms with Crippen LogP contribution in [-0.4, -0.2) is 30.9 Å². The molecule has 8 heteroatoms. The van der Waals surface area contributed by atoms with Gasteiger partial charge in [0.2, 0.25) is 5.91 Å². The van der Waals surface area contributed by atoms with Crippen LogP contribution < -0.4 is 15.4 Å². The Kier molecular flexibility index (Phi) is 6.21. The monoisotopic (exact) mass is 378 g/mol. The Morgan fingerprint density at radius 2 is 2.00 bits per heavy atom. The zero-order valence-corrected chi connectivity index (χ0v) is 14.6. The average Bonchev–Trinajstić information content (AvgIpc) is 3.26. The van der Waals surface area contributed by atoms with E-state index in [9.17, 15) is 18.0 Å². The van der Waals surface area contributed by atoms with Gasteiger partial charge < -0.3 is 15.4 Å². The molecule has 0 aromatic heterocycles. The molecule has 1 saturated heterocycles. The molecule has 140 valence electrons. The smallest absolute Gasteiger partial charge is 0.405 e. The third-order valence-corrected chi connectivity index (χ3v) is 4.64. The van der Waals surface area contributed by atoms with Crippen LogP contribution in [-0.2, 0) is 4.79 Å². The van der Waals surface area contributed by atoms with Crippen molar-refractivity contribution in [3.63, 3.8) is 0 Å². The second kappa shape index (κ2) is 7.83. The van der Waals surface area contributed by atoms with Gasteiger partial charge >= 0.3 is 6.36 Å². The zero-order valence-electron chi connectivity index (χ0n) is 13.8. The summed E-state index contributed by atoms with van der Waals surface area (Å²) in [5, 5.41) is 6.36. The largest absolute Gasteiger partial charge is 0.573 e. The number of para-hydroxylation sites is 1. The molecule has 3 rings (SSSR count). The first kappa shape index (κ1) is 19.8. The molecule has 1 aromatic carbocycles. The maximum atomic E-state index is 12.5. The summed E-state index contributed by atoms with van der Waals surface area (Å²) >= 11 is 0. The average molecular weight is 379 g/mol. The summed E-state index contributed by atoms with van der Waals surface area (Å²) in [6.45, 7) is 2.94. The standard InChI is InChI=1S/C17H21F3N2O2.ClH/c1-10-8-11(6-7-21-10)22-16(23)14-9-13(14)12-4-2-3-5-15(12)24-17(18,19)20;/h2-5,10-11,13-14,21H,6-9H2,1H3,(H,22,23);1H. The Balaban J connectivity index is 0.00000225. The fraction of sp³-hybridized carbons (Fsp3) is 0.588. The molecule has 1 saturated carbocycles. The minimum atomic E-state index is -4.73. The Bertz CT molecular complexity index is 612. The van der Waals surface area contributed by atoms with Gasteiger partial charge in [0.15, 0.2) is 0 Å². The molecule has 25 heavy (non-hydrogen) atoms. The van der Waals surface area contributed by atoms with E-state index < -0.39 is 6.36 Å². The van der Waals surface area contributed by atoms with Gasteiger partial charge in [0.1, 0.15) is 5.75 Å². The van der Waals surface area contributed by atoms with Crippen LogP contribution in [0, 0.1) is 5.92 Å². The van der Waals surface area contributed by atoms with E-state index in [0.29, 0.717) is 18.0 Å². The summed E-state index contributed by atoms with van der Waals surface area (Å²) < 4.78 is 41.6. The predicted octanol–water partition coefficient (Wildman–Crippen LogP) is 3.37. The van der Waals surface area contributed by atoms with Crippen molar-refractivity contribution in [3.8, 4) is 5.75 Å². The van der Waals surface area contributed by atoms with E-state index >= 15 is 0 Å². The van der Waals surface area contributed by atoms with Crippen LogP contribution in [0.5, 0.6) is 5.75 Å². The number of halogens is 4. The molecule has 4 unspecified atom stereocenters. The lowest BCUT2D eigenvalue weighted by Gasteiger charge is -2.28. The van der Waals surface area contributed by atoms with Crippen LogP contribution in [0.3, 0.4) is 0 Å². The second-order valence-electron chi connectivity index (χ2n) is 6.62. The third-order valence-electron chi connectivity index (χ3n) is 4.64. The Labute approximate surface area is 150 Å². The van der Waals surface area contributed by atoms with Crippen LogP contribution in [0.1, 0.15) is 37.7 Å². The maximum Gasteiger partial charge on any atom is 0.573 e. The molecular formula is C17H22ClF3N2O2. The van der Waals surface area contributed by atoms with Crippen LogP contribution in [0.15, 0.2) is 24.3 Å². The predicted molar refractivity (Wildman–Crippen MR) is 89.9 cm³/mol. The van der Waals surface area contributed by atoms with Crippen molar-refractivity contribution in [1.82, 2.24) is 10.6 Å². The lowest BCUT2D eigenvalue weighted by Crippen LogP contribution is -2.47. The fourth-order valence-corrected chi connectivity index (χ4v) is 3.40. The highest BCUT2D eigenvalue weighted by molar-refractivity contribution is 5.85. The highest BCUT2D eigenvalue weighted by atomic mass is 35.5. The van der Waals surface area contributed by atoms with E-state index in [0.717, 1.165) is 19.4 Å². The van der Waals surface area contributed by atoms with Crippen molar-refractivity contribution in [2.45, 2.75) is 50.6 Å². The van der Waals surface area contributed by atoms with E-state index in [1.807, 2.05) is 0 Å². The number of carbonyl (C=O) groups excluding carboxylic acids is 1. The number of nitrogens with one attached hydrogen (secondary N) is 2. The summed E-state index contributed by atoms with van der Waals surface area (Å²) in [4.78, 5) is 12.4. The van der Waals surface area contributed by atoms with Crippen molar-refractivity contribution >= 4 is 18.3 Å². The van der Waals surface area contributed by atoms with Gasteiger partial charge in [-0.1, -0.05) is 18.2 Å². The van der Waals surface area contributed by atoms with Gasteiger partial charge in [-0.25, -0.2) is 0 Å². The summed E-state index contributed by atoms with van der Waals surface area (Å²) in [6, 6.07) is 6.56. The summed E-state index contributed by atoms with van der Waals surface area (Å²) in [5.41, 5.74) is 0.452. The number of amides is 1. The molecule has 0 radical (unpaired) electrons. The number of carbonyl (C=O) groups is 1. The van der Waals surface area contributed by atoms with Crippen LogP contribution in [0.2, 0.25) is 0 Å². The molecule has 1 aromatic rings. The Morgan fingerprint density at radius 3 is 2.68 bits per heavy atom. The van der Waals surface area contributed by atoms with Crippen LogP contribution >= 0.6 is 12.4 Å². The fourth-order valence-electron chi connectivity index (χ4n) is 3.40. The van der Waals surface area contributed by atoms with E-state index in [1.165, 1.54) is 12.1 Å². The van der Waals surface area contributed by atoms with Crippen LogP contribution in [0.25, 0.3) is 0 Å². The van der Waals surface area contributed by atoms with E-state index in [4.69, 9.17) is 0 Å². The quantitative estimate of drug-likeness (QED) is 0.844. The highest BCUT2D eigenvalue weighted by Crippen LogP contribution is 2.51. The van der Waals surface area contributed by atoms with E-state index in [-0.39, 0.29) is 41.9 Å². The van der Waals surface area contributed by atoms with Gasteiger partial charge in [-0.05, 0) is 50.3 Å². The third kappa shape index (κ3) is 5.25. The molecule has 1 aliphatic carbocycles. The molecule has 4 nitrogen and oxygen atoms in total. The number of alkyl halides is 3. The number of piperidine rings is 1. The van der Waals surface area contributed by atoms with E-state index in [2.05, 4.69) is 22.3 Å². The number of hydrogen-bond donors (Lipinski definition) is 2. The zero-order chi connectivity index (χ0) is 17.3. The summed E-state index contributed by atoms with van der Waals surface area (Å²) in [6.07, 6.45) is -2.42. The topological polar surface area (TPSA) is 50.4 Å². The first-order chi connectivity index (χ1) is 11.3. The van der Waals surface area contributed by atoms with Gasteiger partial charge in [-0.15, -0.1) is 25.6 Å². The van der Waals surface area contributed by atoms with Crippen LogP contribution in [0.4, 0.5) is 13.2 Å². The van der Waals surface area contributed by atoms with Gasteiger partial charge in [0, 0.05) is 18.0 Å². The van der Waals surface area contributed by atoms with Gasteiger partial charge in [-0.3, -0.25) is 4.79 Å². The summed E-state index contributed by atoms with van der Waals surface area (Å²) in [7, 11) is 0. The molecule has 2 fully saturated rings. The minimum Gasteiger partial charge on any atom is -0.405 e. The molecule has 4 atom stereocenters. The van der Waals surface area contributed by atoms with Crippen molar-refractivity contribution in [3.05, 3.63) is 29.8 Å². The number of hydrogen-bond acceptors (Lipinski definition) is 3. The first-order valence-electron chi connectivity index (χ1n) is 8.22. The molecule has 2 aliphatic rings. The van der Waals surface area contributed by atoms with Gasteiger partial charge in [0.05, 0.1) is 0 Å². The van der Waals surface area contributed by atoms with E-state index in [1.54, 1.807) is 12.1 Å². The lowest BCUT2D eigenvalue weighted by atomic mass is 10.00. The summed E-state index contributed by atoms with van der Waals surface area (Å²) in [5.74, 6) is -0.752. The molecule has 1 amide bonds. The molecular weight excluding hydrogens is 357 g/mol. The normalized spacial score (nSPS) is 28.6. The number of rotatable bonds is 4. The minimum absolute atomic E-state index is 0. The van der Waals surface area contributed by atoms with Gasteiger partial charge in [-0.2, -0.15) is 0 Å². The number of benzene rings is 1. The maximum absolute atomic E-state index is 12.5. The molecule has 1 heterocycles.